The summed E-state index contributed by atoms with van der Waals surface area (Å²) in [6.45, 7) is 7.06. The minimum Gasteiger partial charge on any atom is -0.383 e. The zero-order valence-electron chi connectivity index (χ0n) is 12.1. The lowest BCUT2D eigenvalue weighted by molar-refractivity contribution is 0.200. The summed E-state index contributed by atoms with van der Waals surface area (Å²) in [5.41, 5.74) is 8.02. The molecule has 0 spiro atoms. The van der Waals surface area contributed by atoms with E-state index in [0.29, 0.717) is 11.3 Å². The molecular weight excluding hydrogens is 254 g/mol. The second kappa shape index (κ2) is 4.97. The van der Waals surface area contributed by atoms with E-state index in [1.165, 1.54) is 62.2 Å². The van der Waals surface area contributed by atoms with Crippen molar-refractivity contribution in [2.24, 2.45) is 5.41 Å². The van der Waals surface area contributed by atoms with Gasteiger partial charge < -0.3 is 10.6 Å². The van der Waals surface area contributed by atoms with Crippen molar-refractivity contribution < 1.29 is 0 Å². The van der Waals surface area contributed by atoms with Crippen LogP contribution in [0.15, 0.2) is 0 Å². The standard InChI is InChI=1S/C15H25N3S/c1-3-15(4-2)7-9-18(10-8-15)14-12(11-5-6-11)13(16)17-19-14/h11H,3-10H2,1-2H3,(H2,16,17). The average molecular weight is 279 g/mol. The van der Waals surface area contributed by atoms with Gasteiger partial charge in [-0.2, -0.15) is 4.37 Å². The Balaban J connectivity index is 1.75. The highest BCUT2D eigenvalue weighted by Gasteiger charge is 2.36. The maximum Gasteiger partial charge on any atom is 0.142 e. The number of aromatic nitrogens is 1. The molecule has 1 aliphatic heterocycles. The topological polar surface area (TPSA) is 42.2 Å². The maximum absolute atomic E-state index is 6.07. The van der Waals surface area contributed by atoms with E-state index in [9.17, 15) is 0 Å². The highest BCUT2D eigenvalue weighted by Crippen LogP contribution is 2.50. The summed E-state index contributed by atoms with van der Waals surface area (Å²) in [4.78, 5) is 2.55. The lowest BCUT2D eigenvalue weighted by Crippen LogP contribution is -2.39. The van der Waals surface area contributed by atoms with E-state index in [0.717, 1.165) is 5.82 Å². The van der Waals surface area contributed by atoms with Crippen LogP contribution in [-0.2, 0) is 0 Å². The molecule has 2 fully saturated rings. The van der Waals surface area contributed by atoms with Crippen molar-refractivity contribution in [3.63, 3.8) is 0 Å². The highest BCUT2D eigenvalue weighted by atomic mass is 32.1. The zero-order valence-corrected chi connectivity index (χ0v) is 12.9. The van der Waals surface area contributed by atoms with E-state index in [1.807, 2.05) is 0 Å². The lowest BCUT2D eigenvalue weighted by atomic mass is 9.74. The molecule has 1 saturated carbocycles. The van der Waals surface area contributed by atoms with E-state index in [4.69, 9.17) is 5.73 Å². The van der Waals surface area contributed by atoms with Crippen LogP contribution in [0.3, 0.4) is 0 Å². The van der Waals surface area contributed by atoms with Gasteiger partial charge in [0.25, 0.3) is 0 Å². The summed E-state index contributed by atoms with van der Waals surface area (Å²) in [6.07, 6.45) is 7.88. The predicted octanol–water partition coefficient (Wildman–Crippen LogP) is 4.01. The Bertz CT molecular complexity index is 436. The molecule has 0 bridgehead atoms. The monoisotopic (exact) mass is 279 g/mol. The number of nitrogen functional groups attached to an aromatic ring is 1. The summed E-state index contributed by atoms with van der Waals surface area (Å²) in [5.74, 6) is 1.50. The van der Waals surface area contributed by atoms with Gasteiger partial charge >= 0.3 is 0 Å². The molecule has 0 radical (unpaired) electrons. The number of anilines is 2. The van der Waals surface area contributed by atoms with E-state index >= 15 is 0 Å². The molecule has 0 unspecified atom stereocenters. The molecule has 1 aromatic heterocycles. The minimum absolute atomic E-state index is 0.590. The Labute approximate surface area is 120 Å². The second-order valence-corrected chi connectivity index (χ2v) is 7.01. The second-order valence-electron chi connectivity index (χ2n) is 6.26. The van der Waals surface area contributed by atoms with Gasteiger partial charge in [-0.15, -0.1) is 0 Å². The Kier molecular flexibility index (Phi) is 3.46. The summed E-state index contributed by atoms with van der Waals surface area (Å²) in [6, 6.07) is 0. The van der Waals surface area contributed by atoms with Gasteiger partial charge in [-0.1, -0.05) is 26.7 Å². The molecule has 0 amide bonds. The minimum atomic E-state index is 0.590. The smallest absolute Gasteiger partial charge is 0.142 e. The van der Waals surface area contributed by atoms with E-state index in [2.05, 4.69) is 23.1 Å². The SMILES string of the molecule is CCC1(CC)CCN(c2snc(N)c2C2CC2)CC1. The third kappa shape index (κ3) is 2.35. The first-order valence-corrected chi connectivity index (χ1v) is 8.46. The summed E-state index contributed by atoms with van der Waals surface area (Å²) < 4.78 is 4.41. The van der Waals surface area contributed by atoms with Crippen molar-refractivity contribution in [2.75, 3.05) is 23.7 Å². The Morgan fingerprint density at radius 3 is 2.42 bits per heavy atom. The number of nitrogens with two attached hydrogens (primary N) is 1. The Morgan fingerprint density at radius 2 is 1.89 bits per heavy atom. The molecule has 0 atom stereocenters. The number of nitrogens with zero attached hydrogens (tertiary/aromatic N) is 2. The van der Waals surface area contributed by atoms with Crippen LogP contribution in [0.25, 0.3) is 0 Å². The first-order chi connectivity index (χ1) is 9.19. The van der Waals surface area contributed by atoms with Crippen LogP contribution in [0.1, 0.15) is 63.9 Å². The lowest BCUT2D eigenvalue weighted by Gasteiger charge is -2.41. The van der Waals surface area contributed by atoms with Crippen LogP contribution in [0, 0.1) is 5.41 Å². The molecule has 1 saturated heterocycles. The van der Waals surface area contributed by atoms with Gasteiger partial charge in [0.2, 0.25) is 0 Å². The molecule has 4 heteroatoms. The van der Waals surface area contributed by atoms with Crippen LogP contribution in [0.5, 0.6) is 0 Å². The predicted molar refractivity (Wildman–Crippen MR) is 83.0 cm³/mol. The van der Waals surface area contributed by atoms with Gasteiger partial charge in [-0.05, 0) is 48.5 Å². The van der Waals surface area contributed by atoms with Crippen molar-refractivity contribution in [1.82, 2.24) is 4.37 Å². The fourth-order valence-corrected chi connectivity index (χ4v) is 4.38. The van der Waals surface area contributed by atoms with Gasteiger partial charge in [0.1, 0.15) is 10.8 Å². The van der Waals surface area contributed by atoms with Crippen LogP contribution < -0.4 is 10.6 Å². The molecule has 1 aliphatic carbocycles. The number of hydrogen-bond donors (Lipinski definition) is 1. The van der Waals surface area contributed by atoms with E-state index in [-0.39, 0.29) is 0 Å². The van der Waals surface area contributed by atoms with Crippen molar-refractivity contribution in [3.8, 4) is 0 Å². The summed E-state index contributed by atoms with van der Waals surface area (Å²) >= 11 is 1.62. The van der Waals surface area contributed by atoms with Gasteiger partial charge in [0.05, 0.1) is 0 Å². The Morgan fingerprint density at radius 1 is 1.26 bits per heavy atom. The van der Waals surface area contributed by atoms with Crippen molar-refractivity contribution in [3.05, 3.63) is 5.56 Å². The first kappa shape index (κ1) is 13.2. The van der Waals surface area contributed by atoms with Crippen molar-refractivity contribution >= 4 is 22.4 Å². The molecule has 2 heterocycles. The summed E-state index contributed by atoms with van der Waals surface area (Å²) in [7, 11) is 0. The van der Waals surface area contributed by atoms with Gasteiger partial charge in [0.15, 0.2) is 0 Å². The third-order valence-corrected chi connectivity index (χ3v) is 6.27. The fraction of sp³-hybridized carbons (Fsp3) is 0.800. The van der Waals surface area contributed by atoms with E-state index < -0.39 is 0 Å². The molecule has 19 heavy (non-hydrogen) atoms. The zero-order chi connectivity index (χ0) is 13.5. The van der Waals surface area contributed by atoms with Crippen LogP contribution in [-0.4, -0.2) is 17.5 Å². The molecule has 2 aliphatic rings. The van der Waals surface area contributed by atoms with Crippen LogP contribution in [0.2, 0.25) is 0 Å². The van der Waals surface area contributed by atoms with Gasteiger partial charge in [-0.25, -0.2) is 0 Å². The molecule has 106 valence electrons. The summed E-state index contributed by atoms with van der Waals surface area (Å²) in [5, 5.41) is 1.38. The molecular formula is C15H25N3S. The molecule has 3 nitrogen and oxygen atoms in total. The molecule has 0 aromatic carbocycles. The van der Waals surface area contributed by atoms with E-state index in [1.54, 1.807) is 11.5 Å². The Hall–Kier alpha value is -0.770. The quantitative estimate of drug-likeness (QED) is 0.905. The fourth-order valence-electron chi connectivity index (χ4n) is 3.43. The molecule has 3 rings (SSSR count). The largest absolute Gasteiger partial charge is 0.383 e. The highest BCUT2D eigenvalue weighted by molar-refractivity contribution is 7.10. The van der Waals surface area contributed by atoms with Crippen LogP contribution in [0.4, 0.5) is 10.8 Å². The van der Waals surface area contributed by atoms with Crippen molar-refractivity contribution in [1.29, 1.82) is 0 Å². The number of piperidine rings is 1. The van der Waals surface area contributed by atoms with Gasteiger partial charge in [0, 0.05) is 18.7 Å². The third-order valence-electron chi connectivity index (χ3n) is 5.33. The van der Waals surface area contributed by atoms with Crippen LogP contribution >= 0.6 is 11.5 Å². The van der Waals surface area contributed by atoms with Gasteiger partial charge in [-0.3, -0.25) is 0 Å². The number of hydrogen-bond acceptors (Lipinski definition) is 4. The molecule has 1 aromatic rings. The maximum atomic E-state index is 6.07. The average Bonchev–Trinajstić information content (AvgIpc) is 3.22. The first-order valence-electron chi connectivity index (χ1n) is 7.69. The van der Waals surface area contributed by atoms with Crippen molar-refractivity contribution in [2.45, 2.75) is 58.3 Å². The molecule has 2 N–H and O–H groups in total. The normalized spacial score (nSPS) is 22.7. The number of rotatable bonds is 4.